The van der Waals surface area contributed by atoms with E-state index in [4.69, 9.17) is 16.3 Å². The molecule has 0 atom stereocenters. The third kappa shape index (κ3) is 3.30. The lowest BCUT2D eigenvalue weighted by molar-refractivity contribution is 0.102. The lowest BCUT2D eigenvalue weighted by Gasteiger charge is -2.06. The van der Waals surface area contributed by atoms with E-state index in [2.05, 4.69) is 10.4 Å². The molecular weight excluding hydrogens is 278 g/mol. The predicted molar refractivity (Wildman–Crippen MR) is 78.5 cm³/mol. The monoisotopic (exact) mass is 293 g/mol. The summed E-state index contributed by atoms with van der Waals surface area (Å²) in [4.78, 5) is 12.1. The standard InChI is InChI=1S/C14H16ClN3O2/c1-3-18-9-12(15)13(17-18)14(19)16-10-5-7-11(8-6-10)20-4-2/h5-9H,3-4H2,1-2H3,(H,16,19). The number of amides is 1. The van der Waals surface area contributed by atoms with Crippen LogP contribution < -0.4 is 10.1 Å². The Morgan fingerprint density at radius 2 is 2.05 bits per heavy atom. The average Bonchev–Trinajstić information content (AvgIpc) is 2.83. The van der Waals surface area contributed by atoms with Crippen LogP contribution >= 0.6 is 11.6 Å². The molecule has 6 heteroatoms. The molecule has 1 heterocycles. The molecule has 0 bridgehead atoms. The zero-order valence-corrected chi connectivity index (χ0v) is 12.1. The molecular formula is C14H16ClN3O2. The van der Waals surface area contributed by atoms with Gasteiger partial charge in [0, 0.05) is 18.4 Å². The van der Waals surface area contributed by atoms with E-state index in [1.165, 1.54) is 0 Å². The smallest absolute Gasteiger partial charge is 0.277 e. The number of benzene rings is 1. The van der Waals surface area contributed by atoms with E-state index in [0.29, 0.717) is 23.9 Å². The number of rotatable bonds is 5. The lowest BCUT2D eigenvalue weighted by atomic mass is 10.3. The minimum Gasteiger partial charge on any atom is -0.494 e. The fourth-order valence-corrected chi connectivity index (χ4v) is 1.94. The van der Waals surface area contributed by atoms with Crippen molar-refractivity contribution in [1.29, 1.82) is 0 Å². The Hall–Kier alpha value is -2.01. The Balaban J connectivity index is 2.08. The summed E-state index contributed by atoms with van der Waals surface area (Å²) in [5.41, 5.74) is 0.892. The molecule has 0 radical (unpaired) electrons. The summed E-state index contributed by atoms with van der Waals surface area (Å²) in [6.45, 7) is 5.12. The lowest BCUT2D eigenvalue weighted by Crippen LogP contribution is -2.13. The summed E-state index contributed by atoms with van der Waals surface area (Å²) in [7, 11) is 0. The summed E-state index contributed by atoms with van der Waals surface area (Å²) in [6, 6.07) is 7.14. The molecule has 0 aliphatic heterocycles. The topological polar surface area (TPSA) is 56.1 Å². The van der Waals surface area contributed by atoms with Gasteiger partial charge in [-0.15, -0.1) is 0 Å². The first-order valence-electron chi connectivity index (χ1n) is 6.41. The molecule has 1 aromatic carbocycles. The maximum Gasteiger partial charge on any atom is 0.277 e. The Morgan fingerprint density at radius 1 is 1.35 bits per heavy atom. The molecule has 0 aliphatic rings. The molecule has 0 saturated carbocycles. The van der Waals surface area contributed by atoms with Gasteiger partial charge >= 0.3 is 0 Å². The van der Waals surface area contributed by atoms with Crippen molar-refractivity contribution in [2.24, 2.45) is 0 Å². The van der Waals surface area contributed by atoms with Crippen LogP contribution in [0.5, 0.6) is 5.75 Å². The van der Waals surface area contributed by atoms with Crippen molar-refractivity contribution in [1.82, 2.24) is 9.78 Å². The number of hydrogen-bond acceptors (Lipinski definition) is 3. The van der Waals surface area contributed by atoms with Crippen LogP contribution in [0.3, 0.4) is 0 Å². The van der Waals surface area contributed by atoms with Gasteiger partial charge in [-0.25, -0.2) is 0 Å². The zero-order valence-electron chi connectivity index (χ0n) is 11.4. The summed E-state index contributed by atoms with van der Waals surface area (Å²) in [5.74, 6) is 0.435. The second-order valence-corrected chi connectivity index (χ2v) is 4.50. The number of nitrogens with one attached hydrogen (secondary N) is 1. The zero-order chi connectivity index (χ0) is 14.5. The van der Waals surface area contributed by atoms with Crippen LogP contribution in [0.25, 0.3) is 0 Å². The van der Waals surface area contributed by atoms with E-state index in [9.17, 15) is 4.79 Å². The van der Waals surface area contributed by atoms with E-state index in [1.807, 2.05) is 13.8 Å². The van der Waals surface area contributed by atoms with Gasteiger partial charge in [-0.2, -0.15) is 5.10 Å². The van der Waals surface area contributed by atoms with Crippen molar-refractivity contribution in [3.8, 4) is 5.75 Å². The first-order chi connectivity index (χ1) is 9.63. The Morgan fingerprint density at radius 3 is 2.60 bits per heavy atom. The fourth-order valence-electron chi connectivity index (χ4n) is 1.70. The number of aromatic nitrogens is 2. The molecule has 2 aromatic rings. The van der Waals surface area contributed by atoms with Crippen molar-refractivity contribution in [2.45, 2.75) is 20.4 Å². The van der Waals surface area contributed by atoms with E-state index in [1.54, 1.807) is 35.1 Å². The van der Waals surface area contributed by atoms with Crippen LogP contribution in [0.15, 0.2) is 30.5 Å². The molecule has 0 saturated heterocycles. The molecule has 0 spiro atoms. The van der Waals surface area contributed by atoms with Gasteiger partial charge in [0.1, 0.15) is 5.75 Å². The van der Waals surface area contributed by atoms with E-state index in [0.717, 1.165) is 5.75 Å². The summed E-state index contributed by atoms with van der Waals surface area (Å²) < 4.78 is 6.96. The van der Waals surface area contributed by atoms with Crippen molar-refractivity contribution >= 4 is 23.2 Å². The molecule has 106 valence electrons. The third-order valence-electron chi connectivity index (χ3n) is 2.68. The van der Waals surface area contributed by atoms with Gasteiger partial charge in [-0.05, 0) is 38.1 Å². The van der Waals surface area contributed by atoms with Crippen molar-refractivity contribution in [2.75, 3.05) is 11.9 Å². The predicted octanol–water partition coefficient (Wildman–Crippen LogP) is 3.21. The number of carbonyl (C=O) groups is 1. The minimum atomic E-state index is -0.327. The fraction of sp³-hybridized carbons (Fsp3) is 0.286. The van der Waals surface area contributed by atoms with Gasteiger partial charge in [0.2, 0.25) is 0 Å². The number of carbonyl (C=O) groups excluding carboxylic acids is 1. The maximum atomic E-state index is 12.1. The van der Waals surface area contributed by atoms with Gasteiger partial charge in [0.15, 0.2) is 5.69 Å². The van der Waals surface area contributed by atoms with Crippen LogP contribution in [-0.4, -0.2) is 22.3 Å². The molecule has 2 rings (SSSR count). The second-order valence-electron chi connectivity index (χ2n) is 4.09. The van der Waals surface area contributed by atoms with Crippen LogP contribution in [-0.2, 0) is 6.54 Å². The molecule has 0 aliphatic carbocycles. The third-order valence-corrected chi connectivity index (χ3v) is 2.96. The highest BCUT2D eigenvalue weighted by molar-refractivity contribution is 6.34. The highest BCUT2D eigenvalue weighted by atomic mass is 35.5. The van der Waals surface area contributed by atoms with E-state index < -0.39 is 0 Å². The molecule has 0 fully saturated rings. The normalized spacial score (nSPS) is 10.3. The molecule has 0 unspecified atom stereocenters. The highest BCUT2D eigenvalue weighted by Gasteiger charge is 2.15. The summed E-state index contributed by atoms with van der Waals surface area (Å²) in [5, 5.41) is 7.21. The average molecular weight is 294 g/mol. The minimum absolute atomic E-state index is 0.224. The quantitative estimate of drug-likeness (QED) is 0.921. The van der Waals surface area contributed by atoms with Crippen LogP contribution in [0, 0.1) is 0 Å². The maximum absolute atomic E-state index is 12.1. The Kier molecular flexibility index (Phi) is 4.63. The number of anilines is 1. The molecule has 20 heavy (non-hydrogen) atoms. The molecule has 5 nitrogen and oxygen atoms in total. The number of hydrogen-bond donors (Lipinski definition) is 1. The number of nitrogens with zero attached hydrogens (tertiary/aromatic N) is 2. The van der Waals surface area contributed by atoms with E-state index in [-0.39, 0.29) is 11.6 Å². The first kappa shape index (κ1) is 14.4. The van der Waals surface area contributed by atoms with E-state index >= 15 is 0 Å². The van der Waals surface area contributed by atoms with Crippen LogP contribution in [0.1, 0.15) is 24.3 Å². The van der Waals surface area contributed by atoms with Gasteiger partial charge in [0.05, 0.1) is 11.6 Å². The summed E-state index contributed by atoms with van der Waals surface area (Å²) in [6.07, 6.45) is 1.63. The van der Waals surface area contributed by atoms with Gasteiger partial charge < -0.3 is 10.1 Å². The first-order valence-corrected chi connectivity index (χ1v) is 6.79. The van der Waals surface area contributed by atoms with Gasteiger partial charge in [-0.1, -0.05) is 11.6 Å². The largest absolute Gasteiger partial charge is 0.494 e. The van der Waals surface area contributed by atoms with Crippen LogP contribution in [0.4, 0.5) is 5.69 Å². The van der Waals surface area contributed by atoms with Crippen molar-refractivity contribution in [3.63, 3.8) is 0 Å². The number of aryl methyl sites for hydroxylation is 1. The van der Waals surface area contributed by atoms with Crippen molar-refractivity contribution < 1.29 is 9.53 Å². The number of ether oxygens (including phenoxy) is 1. The molecule has 1 N–H and O–H groups in total. The molecule has 1 aromatic heterocycles. The Bertz CT molecular complexity index is 593. The number of halogens is 1. The van der Waals surface area contributed by atoms with Crippen LogP contribution in [0.2, 0.25) is 5.02 Å². The second kappa shape index (κ2) is 6.43. The Labute approximate surface area is 122 Å². The van der Waals surface area contributed by atoms with Gasteiger partial charge in [0.25, 0.3) is 5.91 Å². The van der Waals surface area contributed by atoms with Gasteiger partial charge in [-0.3, -0.25) is 9.48 Å². The highest BCUT2D eigenvalue weighted by Crippen LogP contribution is 2.18. The SMILES string of the molecule is CCOc1ccc(NC(=O)c2nn(CC)cc2Cl)cc1. The van der Waals surface area contributed by atoms with Crippen molar-refractivity contribution in [3.05, 3.63) is 41.2 Å². The molecule has 1 amide bonds. The summed E-state index contributed by atoms with van der Waals surface area (Å²) >= 11 is 5.99.